The number of hydrogen-bond donors (Lipinski definition) is 1. The van der Waals surface area contributed by atoms with E-state index in [-0.39, 0.29) is 17.3 Å². The van der Waals surface area contributed by atoms with Crippen LogP contribution in [0.3, 0.4) is 0 Å². The molecule has 1 aromatic heterocycles. The van der Waals surface area contributed by atoms with Gasteiger partial charge in [0.15, 0.2) is 11.0 Å². The number of carbonyl (C=O) groups is 1. The molecule has 0 unspecified atom stereocenters. The number of aryl methyl sites for hydroxylation is 1. The summed E-state index contributed by atoms with van der Waals surface area (Å²) in [4.78, 5) is 23.0. The second kappa shape index (κ2) is 11.7. The molecule has 0 saturated carbocycles. The minimum atomic E-state index is -0.450. The van der Waals surface area contributed by atoms with E-state index in [2.05, 4.69) is 20.7 Å². The van der Waals surface area contributed by atoms with Crippen LogP contribution in [-0.2, 0) is 4.79 Å². The number of thioether (sulfide) groups is 1. The number of nitrogens with one attached hydrogen (secondary N) is 1. The van der Waals surface area contributed by atoms with Gasteiger partial charge in [-0.25, -0.2) is 5.43 Å². The zero-order valence-corrected chi connectivity index (χ0v) is 20.1. The Bertz CT molecular complexity index is 1420. The fourth-order valence-electron chi connectivity index (χ4n) is 3.32. The summed E-state index contributed by atoms with van der Waals surface area (Å²) in [6, 6.07) is 24.1. The predicted octanol–water partition coefficient (Wildman–Crippen LogP) is 5.06. The molecule has 0 radical (unpaired) electrons. The third-order valence-electron chi connectivity index (χ3n) is 5.05. The highest BCUT2D eigenvalue weighted by atomic mass is 32.2. The van der Waals surface area contributed by atoms with Crippen molar-refractivity contribution in [3.8, 4) is 17.1 Å². The molecule has 1 heterocycles. The Kier molecular flexibility index (Phi) is 7.99. The van der Waals surface area contributed by atoms with Crippen LogP contribution in [0.15, 0.2) is 95.2 Å². The van der Waals surface area contributed by atoms with Crippen molar-refractivity contribution in [3.05, 3.63) is 106 Å². The van der Waals surface area contributed by atoms with E-state index in [1.54, 1.807) is 24.3 Å². The first-order valence-electron chi connectivity index (χ1n) is 11.0. The third-order valence-corrected chi connectivity index (χ3v) is 5.98. The lowest BCUT2D eigenvalue weighted by atomic mass is 10.2. The molecule has 1 N–H and O–H groups in total. The molecule has 180 valence electrons. The Morgan fingerprint density at radius 2 is 1.78 bits per heavy atom. The van der Waals surface area contributed by atoms with E-state index in [9.17, 15) is 14.9 Å². The lowest BCUT2D eigenvalue weighted by Crippen LogP contribution is -2.19. The van der Waals surface area contributed by atoms with Gasteiger partial charge in [-0.1, -0.05) is 71.9 Å². The Labute approximate surface area is 211 Å². The Morgan fingerprint density at radius 3 is 2.53 bits per heavy atom. The average Bonchev–Trinajstić information content (AvgIpc) is 3.32. The van der Waals surface area contributed by atoms with Gasteiger partial charge in [0.2, 0.25) is 0 Å². The number of hydrogen-bond acceptors (Lipinski definition) is 7. The lowest BCUT2D eigenvalue weighted by molar-refractivity contribution is -0.385. The summed E-state index contributed by atoms with van der Waals surface area (Å²) in [7, 11) is 0. The van der Waals surface area contributed by atoms with Crippen LogP contribution in [0.4, 0.5) is 5.69 Å². The first-order chi connectivity index (χ1) is 17.5. The zero-order valence-electron chi connectivity index (χ0n) is 19.3. The third kappa shape index (κ3) is 6.10. The summed E-state index contributed by atoms with van der Waals surface area (Å²) >= 11 is 1.25. The van der Waals surface area contributed by atoms with Crippen molar-refractivity contribution in [2.24, 2.45) is 5.10 Å². The minimum absolute atomic E-state index is 0.00449. The summed E-state index contributed by atoms with van der Waals surface area (Å²) in [6.07, 6.45) is 4.44. The quantitative estimate of drug-likeness (QED) is 0.149. The van der Waals surface area contributed by atoms with Crippen LogP contribution in [0.5, 0.6) is 0 Å². The highest BCUT2D eigenvalue weighted by molar-refractivity contribution is 7.99. The number of allylic oxidation sites excluding steroid dienone is 1. The zero-order chi connectivity index (χ0) is 25.3. The first kappa shape index (κ1) is 24.6. The first-order valence-corrected chi connectivity index (χ1v) is 11.9. The predicted molar refractivity (Wildman–Crippen MR) is 141 cm³/mol. The molecular weight excluding hydrogens is 476 g/mol. The molecule has 0 fully saturated rings. The van der Waals surface area contributed by atoms with E-state index in [1.165, 1.54) is 30.1 Å². The summed E-state index contributed by atoms with van der Waals surface area (Å²) in [5.41, 5.74) is 5.83. The largest absolute Gasteiger partial charge is 0.276 e. The van der Waals surface area contributed by atoms with Gasteiger partial charge in [0.25, 0.3) is 11.6 Å². The number of benzene rings is 3. The highest BCUT2D eigenvalue weighted by Crippen LogP contribution is 2.28. The molecule has 0 bridgehead atoms. The molecule has 0 aliphatic carbocycles. The van der Waals surface area contributed by atoms with E-state index in [4.69, 9.17) is 0 Å². The van der Waals surface area contributed by atoms with Gasteiger partial charge in [-0.05, 0) is 37.3 Å². The molecule has 0 aliphatic heterocycles. The van der Waals surface area contributed by atoms with Gasteiger partial charge in [-0.2, -0.15) is 5.10 Å². The van der Waals surface area contributed by atoms with Crippen LogP contribution in [-0.4, -0.2) is 37.6 Å². The number of nitro benzene ring substituents is 1. The molecule has 3 aromatic carbocycles. The molecule has 0 spiro atoms. The number of hydrazone groups is 1. The molecular formula is C26H22N6O3S. The number of rotatable bonds is 9. The molecule has 1 amide bonds. The molecule has 10 heteroatoms. The number of carbonyl (C=O) groups excluding carboxylic acids is 1. The van der Waals surface area contributed by atoms with Crippen molar-refractivity contribution >= 4 is 35.6 Å². The lowest BCUT2D eigenvalue weighted by Gasteiger charge is -2.10. The van der Waals surface area contributed by atoms with Crippen LogP contribution in [0.25, 0.3) is 23.2 Å². The minimum Gasteiger partial charge on any atom is -0.272 e. The topological polar surface area (TPSA) is 115 Å². The molecule has 0 atom stereocenters. The summed E-state index contributed by atoms with van der Waals surface area (Å²) < 4.78 is 1.92. The maximum atomic E-state index is 12.3. The van der Waals surface area contributed by atoms with E-state index >= 15 is 0 Å². The maximum absolute atomic E-state index is 12.3. The van der Waals surface area contributed by atoms with Gasteiger partial charge in [0.05, 0.1) is 16.2 Å². The van der Waals surface area contributed by atoms with Crippen molar-refractivity contribution < 1.29 is 9.72 Å². The maximum Gasteiger partial charge on any atom is 0.276 e. The van der Waals surface area contributed by atoms with Crippen molar-refractivity contribution in [2.75, 3.05) is 5.75 Å². The monoisotopic (exact) mass is 498 g/mol. The van der Waals surface area contributed by atoms with Crippen LogP contribution >= 0.6 is 11.8 Å². The SMILES string of the molecule is Cc1ccc(-n2c(SCC(=O)N/N=C/C=C/c3ccccc3[N+](=O)[O-])nnc2-c2ccccc2)cc1. The number of nitrogens with zero attached hydrogens (tertiary/aromatic N) is 5. The fourth-order valence-corrected chi connectivity index (χ4v) is 4.06. The van der Waals surface area contributed by atoms with Crippen molar-refractivity contribution in [1.82, 2.24) is 20.2 Å². The van der Waals surface area contributed by atoms with Crippen molar-refractivity contribution in [1.29, 1.82) is 0 Å². The van der Waals surface area contributed by atoms with E-state index in [0.717, 1.165) is 16.8 Å². The normalized spacial score (nSPS) is 11.2. The smallest absolute Gasteiger partial charge is 0.272 e. The van der Waals surface area contributed by atoms with Crippen molar-refractivity contribution in [2.45, 2.75) is 12.1 Å². The number of para-hydroxylation sites is 1. The van der Waals surface area contributed by atoms with E-state index in [1.807, 2.05) is 66.1 Å². The second-order valence-corrected chi connectivity index (χ2v) is 8.56. The van der Waals surface area contributed by atoms with Gasteiger partial charge in [-0.3, -0.25) is 19.5 Å². The molecule has 0 aliphatic rings. The molecule has 4 aromatic rings. The molecule has 4 rings (SSSR count). The van der Waals surface area contributed by atoms with Crippen LogP contribution in [0, 0.1) is 17.0 Å². The van der Waals surface area contributed by atoms with Crippen LogP contribution < -0.4 is 5.43 Å². The Balaban J connectivity index is 1.42. The van der Waals surface area contributed by atoms with Gasteiger partial charge in [0.1, 0.15) is 0 Å². The number of aromatic nitrogens is 3. The van der Waals surface area contributed by atoms with Crippen LogP contribution in [0.2, 0.25) is 0 Å². The average molecular weight is 499 g/mol. The number of amides is 1. The van der Waals surface area contributed by atoms with Gasteiger partial charge >= 0.3 is 0 Å². The molecule has 36 heavy (non-hydrogen) atoms. The number of nitro groups is 1. The van der Waals surface area contributed by atoms with Crippen LogP contribution in [0.1, 0.15) is 11.1 Å². The summed E-state index contributed by atoms with van der Waals surface area (Å²) in [5.74, 6) is 0.430. The Morgan fingerprint density at radius 1 is 1.06 bits per heavy atom. The van der Waals surface area contributed by atoms with Crippen molar-refractivity contribution in [3.63, 3.8) is 0 Å². The molecule has 9 nitrogen and oxygen atoms in total. The summed E-state index contributed by atoms with van der Waals surface area (Å²) in [6.45, 7) is 2.02. The standard InChI is InChI=1S/C26H22N6O3S/c1-19-13-15-22(16-14-19)31-25(21-9-3-2-4-10-21)29-30-26(31)36-18-24(33)28-27-17-7-11-20-8-5-6-12-23(20)32(34)35/h2-17H,18H2,1H3,(H,28,33)/b11-7+,27-17+. The van der Waals surface area contributed by atoms with E-state index < -0.39 is 4.92 Å². The van der Waals surface area contributed by atoms with Gasteiger partial charge in [-0.15, -0.1) is 10.2 Å². The Hall–Kier alpha value is -4.57. The summed E-state index contributed by atoms with van der Waals surface area (Å²) in [5, 5.41) is 24.2. The fraction of sp³-hybridized carbons (Fsp3) is 0.0769. The van der Waals surface area contributed by atoms with Gasteiger partial charge in [0, 0.05) is 23.5 Å². The molecule has 0 saturated heterocycles. The van der Waals surface area contributed by atoms with E-state index in [0.29, 0.717) is 16.5 Å². The second-order valence-electron chi connectivity index (χ2n) is 7.62. The van der Waals surface area contributed by atoms with Gasteiger partial charge < -0.3 is 0 Å². The highest BCUT2D eigenvalue weighted by Gasteiger charge is 2.17.